The Morgan fingerprint density at radius 3 is 2.39 bits per heavy atom. The number of carbonyl (C=O) groups is 1. The standard InChI is InChI=1S/C18H30N2O3/c1-6-15(20-17(21)23-18(2,3)4)12-19-16(13-22-5)14-10-8-7-9-11-14/h7-11,15-16,19H,6,12-13H2,1-5H3,(H,20,21). The van der Waals surface area contributed by atoms with Crippen LogP contribution in [-0.2, 0) is 9.47 Å². The summed E-state index contributed by atoms with van der Waals surface area (Å²) in [6, 6.07) is 10.2. The van der Waals surface area contributed by atoms with Crippen molar-refractivity contribution in [1.29, 1.82) is 0 Å². The Balaban J connectivity index is 2.55. The monoisotopic (exact) mass is 322 g/mol. The molecule has 0 aromatic heterocycles. The first-order chi connectivity index (χ1) is 10.9. The molecule has 0 saturated carbocycles. The van der Waals surface area contributed by atoms with Gasteiger partial charge in [0.1, 0.15) is 5.60 Å². The van der Waals surface area contributed by atoms with Gasteiger partial charge in [0.25, 0.3) is 0 Å². The van der Waals surface area contributed by atoms with Crippen LogP contribution in [0.15, 0.2) is 30.3 Å². The zero-order chi connectivity index (χ0) is 17.3. The van der Waals surface area contributed by atoms with Crippen molar-refractivity contribution >= 4 is 6.09 Å². The van der Waals surface area contributed by atoms with E-state index in [4.69, 9.17) is 9.47 Å². The second-order valence-electron chi connectivity index (χ2n) is 6.58. The molecule has 23 heavy (non-hydrogen) atoms. The Morgan fingerprint density at radius 2 is 1.87 bits per heavy atom. The molecular weight excluding hydrogens is 292 g/mol. The van der Waals surface area contributed by atoms with E-state index in [1.165, 1.54) is 5.56 Å². The normalized spacial score (nSPS) is 14.1. The number of carbonyl (C=O) groups excluding carboxylic acids is 1. The molecule has 2 atom stereocenters. The smallest absolute Gasteiger partial charge is 0.407 e. The van der Waals surface area contributed by atoms with Crippen LogP contribution in [-0.4, -0.2) is 38.0 Å². The average molecular weight is 322 g/mol. The van der Waals surface area contributed by atoms with Gasteiger partial charge >= 0.3 is 6.09 Å². The molecule has 130 valence electrons. The predicted octanol–water partition coefficient (Wildman–Crippen LogP) is 3.27. The van der Waals surface area contributed by atoms with Crippen LogP contribution in [0.2, 0.25) is 0 Å². The molecule has 1 rings (SSSR count). The van der Waals surface area contributed by atoms with E-state index >= 15 is 0 Å². The van der Waals surface area contributed by atoms with Crippen molar-refractivity contribution in [2.75, 3.05) is 20.3 Å². The topological polar surface area (TPSA) is 59.6 Å². The Hall–Kier alpha value is -1.59. The van der Waals surface area contributed by atoms with Gasteiger partial charge in [-0.15, -0.1) is 0 Å². The fraction of sp³-hybridized carbons (Fsp3) is 0.611. The molecule has 2 unspecified atom stereocenters. The van der Waals surface area contributed by atoms with E-state index < -0.39 is 5.60 Å². The summed E-state index contributed by atoms with van der Waals surface area (Å²) < 4.78 is 10.6. The van der Waals surface area contributed by atoms with E-state index in [2.05, 4.69) is 22.8 Å². The van der Waals surface area contributed by atoms with Gasteiger partial charge in [0.05, 0.1) is 12.6 Å². The number of benzene rings is 1. The van der Waals surface area contributed by atoms with Crippen LogP contribution < -0.4 is 10.6 Å². The summed E-state index contributed by atoms with van der Waals surface area (Å²) in [6.07, 6.45) is 0.440. The number of alkyl carbamates (subject to hydrolysis) is 1. The first-order valence-corrected chi connectivity index (χ1v) is 8.12. The van der Waals surface area contributed by atoms with Gasteiger partial charge < -0.3 is 20.1 Å². The second-order valence-corrected chi connectivity index (χ2v) is 6.58. The molecule has 1 aromatic rings. The summed E-state index contributed by atoms with van der Waals surface area (Å²) in [5.41, 5.74) is 0.680. The van der Waals surface area contributed by atoms with Crippen LogP contribution in [0.1, 0.15) is 45.7 Å². The van der Waals surface area contributed by atoms with Crippen molar-refractivity contribution in [3.63, 3.8) is 0 Å². The molecule has 0 saturated heterocycles. The number of amides is 1. The Morgan fingerprint density at radius 1 is 1.22 bits per heavy atom. The second kappa shape index (κ2) is 9.53. The lowest BCUT2D eigenvalue weighted by molar-refractivity contribution is 0.0500. The largest absolute Gasteiger partial charge is 0.444 e. The van der Waals surface area contributed by atoms with Crippen LogP contribution >= 0.6 is 0 Å². The van der Waals surface area contributed by atoms with Gasteiger partial charge in [-0.05, 0) is 32.8 Å². The minimum absolute atomic E-state index is 0.00733. The molecule has 0 radical (unpaired) electrons. The molecule has 1 amide bonds. The lowest BCUT2D eigenvalue weighted by Gasteiger charge is -2.25. The molecule has 0 fully saturated rings. The molecular formula is C18H30N2O3. The quantitative estimate of drug-likeness (QED) is 0.771. The minimum Gasteiger partial charge on any atom is -0.444 e. The highest BCUT2D eigenvalue weighted by Gasteiger charge is 2.19. The maximum atomic E-state index is 11.9. The first-order valence-electron chi connectivity index (χ1n) is 8.12. The molecule has 0 aliphatic rings. The summed E-state index contributed by atoms with van der Waals surface area (Å²) >= 11 is 0. The number of ether oxygens (including phenoxy) is 2. The summed E-state index contributed by atoms with van der Waals surface area (Å²) in [6.45, 7) is 8.84. The molecule has 0 bridgehead atoms. The number of methoxy groups -OCH3 is 1. The summed E-state index contributed by atoms with van der Waals surface area (Å²) in [5, 5.41) is 6.37. The van der Waals surface area contributed by atoms with E-state index in [-0.39, 0.29) is 18.2 Å². The summed E-state index contributed by atoms with van der Waals surface area (Å²) in [7, 11) is 1.69. The Labute approximate surface area is 139 Å². The molecule has 0 heterocycles. The van der Waals surface area contributed by atoms with E-state index in [1.807, 2.05) is 45.9 Å². The molecule has 0 aliphatic carbocycles. The van der Waals surface area contributed by atoms with Crippen LogP contribution in [0.25, 0.3) is 0 Å². The molecule has 5 heteroatoms. The third kappa shape index (κ3) is 8.00. The van der Waals surface area contributed by atoms with Gasteiger partial charge in [0.15, 0.2) is 0 Å². The van der Waals surface area contributed by atoms with E-state index in [1.54, 1.807) is 7.11 Å². The maximum Gasteiger partial charge on any atom is 0.407 e. The van der Waals surface area contributed by atoms with Gasteiger partial charge in [-0.3, -0.25) is 0 Å². The minimum atomic E-state index is -0.488. The van der Waals surface area contributed by atoms with Crippen molar-refractivity contribution in [1.82, 2.24) is 10.6 Å². The molecule has 0 aliphatic heterocycles. The predicted molar refractivity (Wildman–Crippen MR) is 92.5 cm³/mol. The van der Waals surface area contributed by atoms with E-state index in [9.17, 15) is 4.79 Å². The maximum absolute atomic E-state index is 11.9. The number of nitrogens with one attached hydrogen (secondary N) is 2. The number of rotatable bonds is 8. The van der Waals surface area contributed by atoms with Crippen molar-refractivity contribution < 1.29 is 14.3 Å². The molecule has 5 nitrogen and oxygen atoms in total. The lowest BCUT2D eigenvalue weighted by Crippen LogP contribution is -2.45. The summed E-state index contributed by atoms with van der Waals surface area (Å²) in [4.78, 5) is 11.9. The lowest BCUT2D eigenvalue weighted by atomic mass is 10.1. The van der Waals surface area contributed by atoms with Gasteiger partial charge in [0.2, 0.25) is 0 Å². The average Bonchev–Trinajstić information content (AvgIpc) is 2.49. The van der Waals surface area contributed by atoms with Crippen molar-refractivity contribution in [2.24, 2.45) is 0 Å². The fourth-order valence-corrected chi connectivity index (χ4v) is 2.18. The Bertz CT molecular complexity index is 457. The molecule has 0 spiro atoms. The van der Waals surface area contributed by atoms with E-state index in [0.717, 1.165) is 6.42 Å². The molecule has 1 aromatic carbocycles. The van der Waals surface area contributed by atoms with Crippen LogP contribution in [0.5, 0.6) is 0 Å². The number of hydrogen-bond donors (Lipinski definition) is 2. The van der Waals surface area contributed by atoms with E-state index in [0.29, 0.717) is 13.2 Å². The highest BCUT2D eigenvalue weighted by Crippen LogP contribution is 2.13. The van der Waals surface area contributed by atoms with Crippen molar-refractivity contribution in [3.05, 3.63) is 35.9 Å². The highest BCUT2D eigenvalue weighted by molar-refractivity contribution is 5.68. The van der Waals surface area contributed by atoms with Gasteiger partial charge in [0, 0.05) is 19.7 Å². The SMILES string of the molecule is CCC(CNC(COC)c1ccccc1)NC(=O)OC(C)(C)C. The van der Waals surface area contributed by atoms with Gasteiger partial charge in [-0.25, -0.2) is 4.79 Å². The first kappa shape index (κ1) is 19.5. The Kier molecular flexibility index (Phi) is 8.06. The van der Waals surface area contributed by atoms with Crippen LogP contribution in [0, 0.1) is 0 Å². The zero-order valence-electron chi connectivity index (χ0n) is 14.9. The van der Waals surface area contributed by atoms with Crippen molar-refractivity contribution in [2.45, 2.75) is 51.8 Å². The van der Waals surface area contributed by atoms with Gasteiger partial charge in [-0.2, -0.15) is 0 Å². The van der Waals surface area contributed by atoms with Crippen molar-refractivity contribution in [3.8, 4) is 0 Å². The highest BCUT2D eigenvalue weighted by atomic mass is 16.6. The third-order valence-corrected chi connectivity index (χ3v) is 3.36. The van der Waals surface area contributed by atoms with Crippen LogP contribution in [0.3, 0.4) is 0 Å². The van der Waals surface area contributed by atoms with Crippen LogP contribution in [0.4, 0.5) is 4.79 Å². The third-order valence-electron chi connectivity index (χ3n) is 3.36. The molecule has 2 N–H and O–H groups in total. The number of hydrogen-bond acceptors (Lipinski definition) is 4. The summed E-state index contributed by atoms with van der Waals surface area (Å²) in [5.74, 6) is 0. The van der Waals surface area contributed by atoms with Gasteiger partial charge in [-0.1, -0.05) is 37.3 Å². The fourth-order valence-electron chi connectivity index (χ4n) is 2.18. The zero-order valence-corrected chi connectivity index (χ0v) is 14.9.